The van der Waals surface area contributed by atoms with E-state index in [1.165, 1.54) is 12.1 Å². The van der Waals surface area contributed by atoms with Crippen LogP contribution in [0.15, 0.2) is 24.3 Å². The molecule has 2 aliphatic rings. The highest BCUT2D eigenvalue weighted by Crippen LogP contribution is 2.28. The average molecular weight is 305 g/mol. The fourth-order valence-electron chi connectivity index (χ4n) is 3.55. The summed E-state index contributed by atoms with van der Waals surface area (Å²) in [6.07, 6.45) is 4.95. The van der Waals surface area contributed by atoms with Crippen molar-refractivity contribution in [3.8, 4) is 0 Å². The van der Waals surface area contributed by atoms with Gasteiger partial charge in [0.15, 0.2) is 0 Å². The second kappa shape index (κ2) is 7.23. The first-order valence-electron chi connectivity index (χ1n) is 8.36. The SMILES string of the molecule is O=C(C1CCOCC1)N1CCCC[C@@H](c2ccc(F)cc2)C1. The number of halogens is 1. The minimum Gasteiger partial charge on any atom is -0.381 e. The average Bonchev–Trinajstić information content (AvgIpc) is 2.82. The molecule has 22 heavy (non-hydrogen) atoms. The summed E-state index contributed by atoms with van der Waals surface area (Å²) in [6, 6.07) is 6.76. The zero-order chi connectivity index (χ0) is 15.4. The number of benzene rings is 1. The van der Waals surface area contributed by atoms with Gasteiger partial charge in [0.2, 0.25) is 5.91 Å². The topological polar surface area (TPSA) is 29.5 Å². The van der Waals surface area contributed by atoms with Crippen molar-refractivity contribution in [2.45, 2.75) is 38.0 Å². The van der Waals surface area contributed by atoms with E-state index in [0.29, 0.717) is 19.1 Å². The van der Waals surface area contributed by atoms with Gasteiger partial charge in [-0.05, 0) is 43.4 Å². The molecule has 2 aliphatic heterocycles. The Morgan fingerprint density at radius 3 is 2.55 bits per heavy atom. The molecular weight excluding hydrogens is 281 g/mol. The maximum Gasteiger partial charge on any atom is 0.225 e. The summed E-state index contributed by atoms with van der Waals surface area (Å²) in [6.45, 7) is 3.02. The minimum atomic E-state index is -0.201. The quantitative estimate of drug-likeness (QED) is 0.838. The maximum atomic E-state index is 13.1. The molecule has 0 radical (unpaired) electrons. The van der Waals surface area contributed by atoms with Gasteiger partial charge < -0.3 is 9.64 Å². The van der Waals surface area contributed by atoms with Gasteiger partial charge in [-0.25, -0.2) is 4.39 Å². The molecule has 0 unspecified atom stereocenters. The maximum absolute atomic E-state index is 13.1. The van der Waals surface area contributed by atoms with Gasteiger partial charge in [-0.1, -0.05) is 18.6 Å². The Labute approximate surface area is 131 Å². The Morgan fingerprint density at radius 1 is 1.09 bits per heavy atom. The van der Waals surface area contributed by atoms with Crippen LogP contribution in [0.2, 0.25) is 0 Å². The van der Waals surface area contributed by atoms with E-state index in [4.69, 9.17) is 4.74 Å². The third-order valence-corrected chi connectivity index (χ3v) is 4.90. The molecule has 0 spiro atoms. The predicted molar refractivity (Wildman–Crippen MR) is 83.1 cm³/mol. The van der Waals surface area contributed by atoms with Crippen LogP contribution >= 0.6 is 0 Å². The van der Waals surface area contributed by atoms with Gasteiger partial charge in [0, 0.05) is 38.1 Å². The lowest BCUT2D eigenvalue weighted by atomic mass is 9.93. The Hall–Kier alpha value is -1.42. The van der Waals surface area contributed by atoms with E-state index in [2.05, 4.69) is 0 Å². The molecule has 2 heterocycles. The molecular formula is C18H24FNO2. The van der Waals surface area contributed by atoms with Crippen molar-refractivity contribution in [3.05, 3.63) is 35.6 Å². The predicted octanol–water partition coefficient (Wildman–Crippen LogP) is 3.35. The fraction of sp³-hybridized carbons (Fsp3) is 0.611. The van der Waals surface area contributed by atoms with Gasteiger partial charge in [-0.15, -0.1) is 0 Å². The Morgan fingerprint density at radius 2 is 1.82 bits per heavy atom. The molecule has 1 atom stereocenters. The van der Waals surface area contributed by atoms with Crippen LogP contribution in [0.3, 0.4) is 0 Å². The van der Waals surface area contributed by atoms with Crippen LogP contribution in [0.25, 0.3) is 0 Å². The summed E-state index contributed by atoms with van der Waals surface area (Å²) in [7, 11) is 0. The summed E-state index contributed by atoms with van der Waals surface area (Å²) in [5, 5.41) is 0. The van der Waals surface area contributed by atoms with Crippen LogP contribution in [0.1, 0.15) is 43.6 Å². The first-order valence-corrected chi connectivity index (χ1v) is 8.36. The molecule has 1 amide bonds. The van der Waals surface area contributed by atoms with Crippen LogP contribution < -0.4 is 0 Å². The summed E-state index contributed by atoms with van der Waals surface area (Å²) in [5.41, 5.74) is 1.15. The zero-order valence-corrected chi connectivity index (χ0v) is 13.0. The van der Waals surface area contributed by atoms with Crippen LogP contribution in [0.5, 0.6) is 0 Å². The van der Waals surface area contributed by atoms with E-state index in [1.54, 1.807) is 0 Å². The number of likely N-dealkylation sites (tertiary alicyclic amines) is 1. The number of carbonyl (C=O) groups excluding carboxylic acids is 1. The highest BCUT2D eigenvalue weighted by molar-refractivity contribution is 5.79. The molecule has 2 fully saturated rings. The molecule has 4 heteroatoms. The van der Waals surface area contributed by atoms with Crippen LogP contribution in [0, 0.1) is 11.7 Å². The van der Waals surface area contributed by atoms with Gasteiger partial charge in [0.25, 0.3) is 0 Å². The molecule has 0 bridgehead atoms. The molecule has 0 aromatic heterocycles. The van der Waals surface area contributed by atoms with Gasteiger partial charge >= 0.3 is 0 Å². The van der Waals surface area contributed by atoms with Gasteiger partial charge in [0.1, 0.15) is 5.82 Å². The van der Waals surface area contributed by atoms with Crippen molar-refractivity contribution in [1.82, 2.24) is 4.90 Å². The van der Waals surface area contributed by atoms with Crippen molar-refractivity contribution < 1.29 is 13.9 Å². The lowest BCUT2D eigenvalue weighted by molar-refractivity contribution is -0.138. The standard InChI is InChI=1S/C18H24FNO2/c19-17-6-4-14(5-7-17)16-3-1-2-10-20(13-16)18(21)15-8-11-22-12-9-15/h4-7,15-16H,1-3,8-13H2/t16-/m1/s1. The summed E-state index contributed by atoms with van der Waals surface area (Å²) < 4.78 is 18.5. The first kappa shape index (κ1) is 15.5. The van der Waals surface area contributed by atoms with E-state index < -0.39 is 0 Å². The number of ether oxygens (including phenoxy) is 1. The van der Waals surface area contributed by atoms with E-state index >= 15 is 0 Å². The van der Waals surface area contributed by atoms with Crippen LogP contribution in [0.4, 0.5) is 4.39 Å². The normalized spacial score (nSPS) is 24.0. The lowest BCUT2D eigenvalue weighted by Crippen LogP contribution is -2.40. The largest absolute Gasteiger partial charge is 0.381 e. The van der Waals surface area contributed by atoms with Gasteiger partial charge in [0.05, 0.1) is 0 Å². The summed E-state index contributed by atoms with van der Waals surface area (Å²) >= 11 is 0. The molecule has 2 saturated heterocycles. The highest BCUT2D eigenvalue weighted by Gasteiger charge is 2.29. The zero-order valence-electron chi connectivity index (χ0n) is 13.0. The molecule has 3 rings (SSSR count). The molecule has 0 aliphatic carbocycles. The molecule has 0 saturated carbocycles. The molecule has 3 nitrogen and oxygen atoms in total. The third kappa shape index (κ3) is 3.67. The lowest BCUT2D eigenvalue weighted by Gasteiger charge is -2.30. The summed E-state index contributed by atoms with van der Waals surface area (Å²) in [5.74, 6) is 0.539. The van der Waals surface area contributed by atoms with Crippen LogP contribution in [-0.4, -0.2) is 37.1 Å². The number of nitrogens with zero attached hydrogens (tertiary/aromatic N) is 1. The third-order valence-electron chi connectivity index (χ3n) is 4.90. The highest BCUT2D eigenvalue weighted by atomic mass is 19.1. The van der Waals surface area contributed by atoms with E-state index in [-0.39, 0.29) is 17.6 Å². The van der Waals surface area contributed by atoms with Gasteiger partial charge in [-0.3, -0.25) is 4.79 Å². The first-order chi connectivity index (χ1) is 10.7. The molecule has 1 aromatic rings. The minimum absolute atomic E-state index is 0.126. The Balaban J connectivity index is 1.69. The van der Waals surface area contributed by atoms with Gasteiger partial charge in [-0.2, -0.15) is 0 Å². The van der Waals surface area contributed by atoms with Crippen LogP contribution in [-0.2, 0) is 9.53 Å². The number of hydrogen-bond donors (Lipinski definition) is 0. The van der Waals surface area contributed by atoms with E-state index in [1.807, 2.05) is 17.0 Å². The number of hydrogen-bond acceptors (Lipinski definition) is 2. The number of carbonyl (C=O) groups is 1. The molecule has 0 N–H and O–H groups in total. The summed E-state index contributed by atoms with van der Waals surface area (Å²) in [4.78, 5) is 14.8. The van der Waals surface area contributed by atoms with Crippen molar-refractivity contribution in [2.24, 2.45) is 5.92 Å². The number of amides is 1. The Kier molecular flexibility index (Phi) is 5.08. The fourth-order valence-corrected chi connectivity index (χ4v) is 3.55. The second-order valence-electron chi connectivity index (χ2n) is 6.42. The number of rotatable bonds is 2. The molecule has 120 valence electrons. The molecule has 1 aromatic carbocycles. The van der Waals surface area contributed by atoms with Crippen molar-refractivity contribution >= 4 is 5.91 Å². The monoisotopic (exact) mass is 305 g/mol. The smallest absolute Gasteiger partial charge is 0.225 e. The Bertz CT molecular complexity index is 496. The van der Waals surface area contributed by atoms with E-state index in [0.717, 1.165) is 50.8 Å². The second-order valence-corrected chi connectivity index (χ2v) is 6.42. The van der Waals surface area contributed by atoms with Crippen molar-refractivity contribution in [1.29, 1.82) is 0 Å². The van der Waals surface area contributed by atoms with Crippen molar-refractivity contribution in [2.75, 3.05) is 26.3 Å². The van der Waals surface area contributed by atoms with E-state index in [9.17, 15) is 9.18 Å². The van der Waals surface area contributed by atoms with Crippen molar-refractivity contribution in [3.63, 3.8) is 0 Å².